The Balaban J connectivity index is 1.79. The lowest BCUT2D eigenvalue weighted by Gasteiger charge is -2.10. The third-order valence-electron chi connectivity index (χ3n) is 3.62. The maximum atomic E-state index is 13.0. The summed E-state index contributed by atoms with van der Waals surface area (Å²) in [6.07, 6.45) is 0. The fraction of sp³-hybridized carbons (Fsp3) is 0.105. The predicted octanol–water partition coefficient (Wildman–Crippen LogP) is 4.36. The topological polar surface area (TPSA) is 60.7 Å². The molecule has 2 aromatic carbocycles. The molecule has 1 aromatic heterocycles. The Morgan fingerprint density at radius 1 is 1.00 bits per heavy atom. The number of halogens is 1. The number of amides is 1. The fourth-order valence-corrected chi connectivity index (χ4v) is 2.31. The molecule has 0 fully saturated rings. The van der Waals surface area contributed by atoms with Gasteiger partial charge in [-0.05, 0) is 48.5 Å². The lowest BCUT2D eigenvalue weighted by molar-refractivity contribution is 0.0997. The van der Waals surface area contributed by atoms with Crippen LogP contribution in [0.15, 0.2) is 59.0 Å². The van der Waals surface area contributed by atoms with Crippen molar-refractivity contribution in [3.8, 4) is 22.8 Å². The van der Waals surface area contributed by atoms with Gasteiger partial charge >= 0.3 is 0 Å². The standard InChI is InChI=1S/C19H16FNO4/c1-23-14-7-8-15(18(11-14)24-2)21-19(22)17-10-9-16(25-17)12-3-5-13(20)6-4-12/h3-11H,1-2H3,(H,21,22). The van der Waals surface area contributed by atoms with Crippen molar-refractivity contribution in [2.45, 2.75) is 0 Å². The zero-order chi connectivity index (χ0) is 17.8. The summed E-state index contributed by atoms with van der Waals surface area (Å²) in [6.45, 7) is 0. The van der Waals surface area contributed by atoms with Gasteiger partial charge < -0.3 is 19.2 Å². The number of nitrogens with one attached hydrogen (secondary N) is 1. The number of benzene rings is 2. The lowest BCUT2D eigenvalue weighted by atomic mass is 10.2. The summed E-state index contributed by atoms with van der Waals surface area (Å²) < 4.78 is 28.9. The Hall–Kier alpha value is -3.28. The number of carbonyl (C=O) groups is 1. The van der Waals surface area contributed by atoms with Crippen molar-refractivity contribution >= 4 is 11.6 Å². The molecule has 1 N–H and O–H groups in total. The molecule has 128 valence electrons. The molecular weight excluding hydrogens is 325 g/mol. The number of methoxy groups -OCH3 is 2. The summed E-state index contributed by atoms with van der Waals surface area (Å²) >= 11 is 0. The second kappa shape index (κ2) is 7.09. The monoisotopic (exact) mass is 341 g/mol. The average Bonchev–Trinajstić information content (AvgIpc) is 3.13. The minimum absolute atomic E-state index is 0.136. The highest BCUT2D eigenvalue weighted by Crippen LogP contribution is 2.30. The van der Waals surface area contributed by atoms with Gasteiger partial charge in [0.1, 0.15) is 23.1 Å². The zero-order valence-electron chi connectivity index (χ0n) is 13.7. The van der Waals surface area contributed by atoms with Crippen molar-refractivity contribution in [1.82, 2.24) is 0 Å². The normalized spacial score (nSPS) is 10.4. The summed E-state index contributed by atoms with van der Waals surface area (Å²) in [6, 6.07) is 14.1. The molecule has 0 unspecified atom stereocenters. The fourth-order valence-electron chi connectivity index (χ4n) is 2.31. The smallest absolute Gasteiger partial charge is 0.291 e. The number of rotatable bonds is 5. The van der Waals surface area contributed by atoms with E-state index in [0.29, 0.717) is 28.5 Å². The van der Waals surface area contributed by atoms with Crippen LogP contribution in [0.2, 0.25) is 0 Å². The Labute approximate surface area is 144 Å². The van der Waals surface area contributed by atoms with Gasteiger partial charge in [0.2, 0.25) is 0 Å². The maximum absolute atomic E-state index is 13.0. The second-order valence-electron chi connectivity index (χ2n) is 5.19. The Morgan fingerprint density at radius 3 is 2.44 bits per heavy atom. The van der Waals surface area contributed by atoms with Crippen molar-refractivity contribution in [2.75, 3.05) is 19.5 Å². The first-order valence-corrected chi connectivity index (χ1v) is 7.50. The minimum Gasteiger partial charge on any atom is -0.497 e. The first-order valence-electron chi connectivity index (χ1n) is 7.50. The SMILES string of the molecule is COc1ccc(NC(=O)c2ccc(-c3ccc(F)cc3)o2)c(OC)c1. The van der Waals surface area contributed by atoms with Crippen molar-refractivity contribution in [1.29, 1.82) is 0 Å². The van der Waals surface area contributed by atoms with Gasteiger partial charge in [0, 0.05) is 11.6 Å². The van der Waals surface area contributed by atoms with E-state index in [2.05, 4.69) is 5.32 Å². The third kappa shape index (κ3) is 3.63. The summed E-state index contributed by atoms with van der Waals surface area (Å²) in [5.74, 6) is 0.949. The largest absolute Gasteiger partial charge is 0.497 e. The van der Waals surface area contributed by atoms with Gasteiger partial charge in [-0.1, -0.05) is 0 Å². The number of anilines is 1. The van der Waals surface area contributed by atoms with Crippen LogP contribution in [-0.2, 0) is 0 Å². The van der Waals surface area contributed by atoms with Crippen LogP contribution in [-0.4, -0.2) is 20.1 Å². The highest BCUT2D eigenvalue weighted by atomic mass is 19.1. The van der Waals surface area contributed by atoms with E-state index in [1.807, 2.05) is 0 Å². The van der Waals surface area contributed by atoms with Crippen molar-refractivity contribution in [3.05, 3.63) is 66.2 Å². The highest BCUT2D eigenvalue weighted by Gasteiger charge is 2.15. The van der Waals surface area contributed by atoms with E-state index in [-0.39, 0.29) is 11.6 Å². The van der Waals surface area contributed by atoms with Crippen LogP contribution in [0, 0.1) is 5.82 Å². The molecule has 3 rings (SSSR count). The average molecular weight is 341 g/mol. The minimum atomic E-state index is -0.420. The number of furan rings is 1. The summed E-state index contributed by atoms with van der Waals surface area (Å²) in [7, 11) is 3.05. The lowest BCUT2D eigenvalue weighted by Crippen LogP contribution is -2.11. The van der Waals surface area contributed by atoms with Crippen LogP contribution in [0.5, 0.6) is 11.5 Å². The van der Waals surface area contributed by atoms with Gasteiger partial charge in [0.05, 0.1) is 19.9 Å². The molecule has 1 heterocycles. The third-order valence-corrected chi connectivity index (χ3v) is 3.62. The van der Waals surface area contributed by atoms with E-state index in [4.69, 9.17) is 13.9 Å². The quantitative estimate of drug-likeness (QED) is 0.749. The molecule has 3 aromatic rings. The van der Waals surface area contributed by atoms with Gasteiger partial charge in [0.15, 0.2) is 5.76 Å². The highest BCUT2D eigenvalue weighted by molar-refractivity contribution is 6.03. The first kappa shape index (κ1) is 16.6. The van der Waals surface area contributed by atoms with Gasteiger partial charge in [-0.15, -0.1) is 0 Å². The number of hydrogen-bond acceptors (Lipinski definition) is 4. The molecule has 0 aliphatic heterocycles. The molecule has 0 radical (unpaired) electrons. The number of ether oxygens (including phenoxy) is 2. The molecule has 0 aliphatic carbocycles. The van der Waals surface area contributed by atoms with Crippen LogP contribution in [0.4, 0.5) is 10.1 Å². The van der Waals surface area contributed by atoms with Crippen LogP contribution >= 0.6 is 0 Å². The first-order chi connectivity index (χ1) is 12.1. The summed E-state index contributed by atoms with van der Waals surface area (Å²) in [5.41, 5.74) is 1.18. The molecule has 5 nitrogen and oxygen atoms in total. The van der Waals surface area contributed by atoms with Crippen LogP contribution in [0.1, 0.15) is 10.6 Å². The second-order valence-corrected chi connectivity index (χ2v) is 5.19. The molecule has 25 heavy (non-hydrogen) atoms. The molecule has 0 spiro atoms. The van der Waals surface area contributed by atoms with Gasteiger partial charge in [-0.3, -0.25) is 4.79 Å². The van der Waals surface area contributed by atoms with Crippen molar-refractivity contribution in [2.24, 2.45) is 0 Å². The van der Waals surface area contributed by atoms with Gasteiger partial charge in [-0.25, -0.2) is 4.39 Å². The number of carbonyl (C=O) groups excluding carboxylic acids is 1. The summed E-state index contributed by atoms with van der Waals surface area (Å²) in [4.78, 5) is 12.4. The van der Waals surface area contributed by atoms with E-state index in [1.165, 1.54) is 19.2 Å². The van der Waals surface area contributed by atoms with Gasteiger partial charge in [-0.2, -0.15) is 0 Å². The predicted molar refractivity (Wildman–Crippen MR) is 91.6 cm³/mol. The van der Waals surface area contributed by atoms with E-state index in [9.17, 15) is 9.18 Å². The molecular formula is C19H16FNO4. The molecule has 0 saturated carbocycles. The Kier molecular flexibility index (Phi) is 4.70. The Bertz CT molecular complexity index is 887. The molecule has 0 atom stereocenters. The Morgan fingerprint density at radius 2 is 1.76 bits per heavy atom. The van der Waals surface area contributed by atoms with Gasteiger partial charge in [0.25, 0.3) is 5.91 Å². The van der Waals surface area contributed by atoms with Crippen LogP contribution < -0.4 is 14.8 Å². The van der Waals surface area contributed by atoms with Crippen molar-refractivity contribution < 1.29 is 23.1 Å². The van der Waals surface area contributed by atoms with Crippen molar-refractivity contribution in [3.63, 3.8) is 0 Å². The van der Waals surface area contributed by atoms with E-state index >= 15 is 0 Å². The molecule has 0 bridgehead atoms. The van der Waals surface area contributed by atoms with E-state index in [1.54, 1.807) is 49.6 Å². The molecule has 6 heteroatoms. The molecule has 0 saturated heterocycles. The molecule has 1 amide bonds. The maximum Gasteiger partial charge on any atom is 0.291 e. The van der Waals surface area contributed by atoms with E-state index < -0.39 is 5.91 Å². The zero-order valence-corrected chi connectivity index (χ0v) is 13.7. The van der Waals surface area contributed by atoms with Crippen LogP contribution in [0.3, 0.4) is 0 Å². The van der Waals surface area contributed by atoms with E-state index in [0.717, 1.165) is 0 Å². The number of hydrogen-bond donors (Lipinski definition) is 1. The summed E-state index contributed by atoms with van der Waals surface area (Å²) in [5, 5.41) is 2.73. The molecule has 0 aliphatic rings. The van der Waals surface area contributed by atoms with Crippen LogP contribution in [0.25, 0.3) is 11.3 Å².